The number of hydrogen-bond acceptors (Lipinski definition) is 8. The predicted molar refractivity (Wildman–Crippen MR) is 255 cm³/mol. The first-order chi connectivity index (χ1) is 29.9. The fourth-order valence-corrected chi connectivity index (χ4v) is 14.8. The number of nitrogens with zero attached hydrogens (tertiary/aromatic N) is 1. The Morgan fingerprint density at radius 3 is 1.75 bits per heavy atom. The Balaban J connectivity index is 1.34. The van der Waals surface area contributed by atoms with Gasteiger partial charge in [0, 0.05) is 58.5 Å². The number of carbonyl (C=O) groups excluding carboxylic acids is 1. The molecule has 0 amide bonds. The van der Waals surface area contributed by atoms with Crippen molar-refractivity contribution in [3.8, 4) is 0 Å². The van der Waals surface area contributed by atoms with E-state index in [-0.39, 0.29) is 29.0 Å². The molecule has 0 bridgehead atoms. The lowest BCUT2D eigenvalue weighted by molar-refractivity contribution is -0.287. The number of rotatable bonds is 18. The molecule has 1 saturated heterocycles. The van der Waals surface area contributed by atoms with Crippen molar-refractivity contribution >= 4 is 24.7 Å². The molecule has 340 valence electrons. The summed E-state index contributed by atoms with van der Waals surface area (Å²) in [6.07, 6.45) is 0.203. The van der Waals surface area contributed by atoms with Crippen molar-refractivity contribution in [2.24, 2.45) is 17.8 Å². The number of ether oxygens (including phenoxy) is 5. The molecule has 8 atom stereocenters. The average molecular weight is 876 g/mol. The van der Waals surface area contributed by atoms with E-state index < -0.39 is 44.0 Å². The molecule has 0 aromatic heterocycles. The summed E-state index contributed by atoms with van der Waals surface area (Å²) in [5, 5.41) is 2.32. The molecule has 2 heterocycles. The van der Waals surface area contributed by atoms with Gasteiger partial charge in [-0.25, -0.2) is 4.79 Å². The van der Waals surface area contributed by atoms with Gasteiger partial charge in [-0.15, -0.1) is 0 Å². The van der Waals surface area contributed by atoms with E-state index in [2.05, 4.69) is 182 Å². The highest BCUT2D eigenvalue weighted by atomic mass is 28.4. The largest absolute Gasteiger partial charge is 0.456 e. The second-order valence-electron chi connectivity index (χ2n) is 19.9. The molecule has 9 heteroatoms. The summed E-state index contributed by atoms with van der Waals surface area (Å²) >= 11 is 0. The second kappa shape index (κ2) is 20.4. The highest BCUT2D eigenvalue weighted by Gasteiger charge is 2.52. The van der Waals surface area contributed by atoms with E-state index >= 15 is 0 Å². The summed E-state index contributed by atoms with van der Waals surface area (Å²) in [4.78, 5) is 15.9. The Kier molecular flexibility index (Phi) is 15.7. The number of esters is 1. The molecular weight excluding hydrogens is 803 g/mol. The van der Waals surface area contributed by atoms with Crippen LogP contribution in [0.3, 0.4) is 0 Å². The van der Waals surface area contributed by atoms with E-state index in [4.69, 9.17) is 28.1 Å². The Hall–Kier alpha value is -4.09. The first-order valence-electron chi connectivity index (χ1n) is 22.9. The van der Waals surface area contributed by atoms with Crippen LogP contribution in [-0.2, 0) is 46.0 Å². The zero-order chi connectivity index (χ0) is 45.6. The van der Waals surface area contributed by atoms with Gasteiger partial charge in [0.2, 0.25) is 5.79 Å². The first kappa shape index (κ1) is 48.4. The minimum absolute atomic E-state index is 0.0240. The van der Waals surface area contributed by atoms with E-state index in [0.29, 0.717) is 24.4 Å². The third kappa shape index (κ3) is 11.2. The van der Waals surface area contributed by atoms with E-state index in [9.17, 15) is 4.79 Å². The molecule has 0 spiro atoms. The van der Waals surface area contributed by atoms with E-state index in [1.165, 1.54) is 21.5 Å². The van der Waals surface area contributed by atoms with Crippen molar-refractivity contribution in [2.45, 2.75) is 143 Å². The van der Waals surface area contributed by atoms with Crippen molar-refractivity contribution in [1.29, 1.82) is 0 Å². The van der Waals surface area contributed by atoms with Gasteiger partial charge in [-0.05, 0) is 66.1 Å². The van der Waals surface area contributed by atoms with Gasteiger partial charge >= 0.3 is 5.97 Å². The lowest BCUT2D eigenvalue weighted by atomic mass is 9.80. The van der Waals surface area contributed by atoms with Crippen LogP contribution < -0.4 is 10.4 Å². The van der Waals surface area contributed by atoms with Gasteiger partial charge in [0.15, 0.2) is 6.29 Å². The molecule has 0 N–H and O–H groups in total. The molecular formula is C54H73NO7Si. The van der Waals surface area contributed by atoms with Crippen LogP contribution in [-0.4, -0.2) is 68.8 Å². The standard InChI is InChI=1S/C54H73NO7Si/c1-38(37-58-63(52(6,7)8,45-29-21-15-22-30-45)46-31-23-16-24-32-46)34-54(11,57-12)49(41(4)48-42(5)50(56)62-53(9,10)61-48)60-51-40(3)47(33-39(2)59-51)55(35-43-25-17-13-18-26-43)36-44-27-19-14-20-28-44/h13-32,38-41,47,49,51H,33-37H2,1-12H3/t38-,39-,40?,41+,47?,49-,51+,54-/m1/s1. The van der Waals surface area contributed by atoms with Gasteiger partial charge < -0.3 is 28.1 Å². The van der Waals surface area contributed by atoms with Crippen molar-refractivity contribution in [3.05, 3.63) is 144 Å². The van der Waals surface area contributed by atoms with Crippen LogP contribution in [0.4, 0.5) is 0 Å². The van der Waals surface area contributed by atoms with Crippen LogP contribution in [0.5, 0.6) is 0 Å². The number of cyclic esters (lactones) is 1. The zero-order valence-electron chi connectivity index (χ0n) is 39.9. The van der Waals surface area contributed by atoms with Gasteiger partial charge in [0.1, 0.15) is 5.76 Å². The monoisotopic (exact) mass is 876 g/mol. The van der Waals surface area contributed by atoms with Gasteiger partial charge in [-0.3, -0.25) is 4.90 Å². The van der Waals surface area contributed by atoms with Gasteiger partial charge in [0.05, 0.1) is 23.4 Å². The van der Waals surface area contributed by atoms with Crippen LogP contribution in [0.25, 0.3) is 0 Å². The molecule has 0 radical (unpaired) electrons. The van der Waals surface area contributed by atoms with E-state index in [0.717, 1.165) is 19.5 Å². The summed E-state index contributed by atoms with van der Waals surface area (Å²) < 4.78 is 40.6. The van der Waals surface area contributed by atoms with Gasteiger partial charge in [0.25, 0.3) is 8.32 Å². The highest BCUT2D eigenvalue weighted by molar-refractivity contribution is 6.99. The molecule has 0 saturated carbocycles. The Morgan fingerprint density at radius 1 is 0.778 bits per heavy atom. The minimum atomic E-state index is -2.81. The second-order valence-corrected chi connectivity index (χ2v) is 24.2. The number of carbonyl (C=O) groups is 1. The molecule has 2 aliphatic heterocycles. The average Bonchev–Trinajstić information content (AvgIpc) is 3.25. The molecule has 63 heavy (non-hydrogen) atoms. The maximum Gasteiger partial charge on any atom is 0.340 e. The number of hydrogen-bond donors (Lipinski definition) is 0. The normalized spacial score (nSPS) is 23.0. The summed E-state index contributed by atoms with van der Waals surface area (Å²) in [7, 11) is -1.05. The fourth-order valence-electron chi connectivity index (χ4n) is 10.1. The van der Waals surface area contributed by atoms with Gasteiger partial charge in [-0.2, -0.15) is 0 Å². The first-order valence-corrected chi connectivity index (χ1v) is 24.8. The third-order valence-corrected chi connectivity index (χ3v) is 18.2. The zero-order valence-corrected chi connectivity index (χ0v) is 40.9. The summed E-state index contributed by atoms with van der Waals surface area (Å²) in [6, 6.07) is 43.0. The van der Waals surface area contributed by atoms with Crippen LogP contribution in [0, 0.1) is 17.8 Å². The SMILES string of the molecule is CO[C@](C)(C[C@@H](C)CO[Si](c1ccccc1)(c1ccccc1)C(C)(C)C)[C@H](O[C@@H]1O[C@H](C)CC(N(Cc2ccccc2)Cc2ccccc2)C1C)[C@@H](C)C1=C(C)C(=O)OC(C)(C)O1. The number of benzene rings is 4. The third-order valence-electron chi connectivity index (χ3n) is 13.2. The quantitative estimate of drug-likeness (QED) is 0.0723. The predicted octanol–water partition coefficient (Wildman–Crippen LogP) is 10.4. The molecule has 2 aliphatic rings. The van der Waals surface area contributed by atoms with Crippen molar-refractivity contribution in [2.75, 3.05) is 13.7 Å². The summed E-state index contributed by atoms with van der Waals surface area (Å²) in [5.41, 5.74) is 2.08. The maximum atomic E-state index is 13.4. The lowest BCUT2D eigenvalue weighted by Gasteiger charge is -2.49. The van der Waals surface area contributed by atoms with Crippen molar-refractivity contribution in [1.82, 2.24) is 4.90 Å². The smallest absolute Gasteiger partial charge is 0.340 e. The van der Waals surface area contributed by atoms with Crippen LogP contribution in [0.2, 0.25) is 5.04 Å². The minimum Gasteiger partial charge on any atom is -0.456 e. The topological polar surface area (TPSA) is 75.7 Å². The molecule has 1 fully saturated rings. The molecule has 0 aliphatic carbocycles. The molecule has 2 unspecified atom stereocenters. The van der Waals surface area contributed by atoms with Crippen LogP contribution >= 0.6 is 0 Å². The Morgan fingerprint density at radius 2 is 1.27 bits per heavy atom. The van der Waals surface area contributed by atoms with E-state index in [1.54, 1.807) is 27.9 Å². The summed E-state index contributed by atoms with van der Waals surface area (Å²) in [6.45, 7) is 25.2. The molecule has 4 aromatic rings. The van der Waals surface area contributed by atoms with E-state index in [1.807, 2.05) is 0 Å². The van der Waals surface area contributed by atoms with Crippen LogP contribution in [0.1, 0.15) is 100 Å². The summed E-state index contributed by atoms with van der Waals surface area (Å²) in [5.74, 6) is -1.39. The highest BCUT2D eigenvalue weighted by Crippen LogP contribution is 2.43. The molecule has 8 nitrogen and oxygen atoms in total. The maximum absolute atomic E-state index is 13.4. The molecule has 4 aromatic carbocycles. The van der Waals surface area contributed by atoms with Crippen LogP contribution in [0.15, 0.2) is 133 Å². The van der Waals surface area contributed by atoms with Crippen molar-refractivity contribution in [3.63, 3.8) is 0 Å². The van der Waals surface area contributed by atoms with Crippen molar-refractivity contribution < 1.29 is 32.9 Å². The number of methoxy groups -OCH3 is 1. The van der Waals surface area contributed by atoms with Gasteiger partial charge in [-0.1, -0.05) is 163 Å². The Labute approximate surface area is 379 Å². The molecule has 6 rings (SSSR count). The Bertz CT molecular complexity index is 2010. The fraction of sp³-hybridized carbons (Fsp3) is 0.500. The lowest BCUT2D eigenvalue weighted by Crippen LogP contribution is -2.67.